The van der Waals surface area contributed by atoms with Gasteiger partial charge < -0.3 is 39.4 Å². The van der Waals surface area contributed by atoms with E-state index in [0.29, 0.717) is 55.2 Å². The van der Waals surface area contributed by atoms with E-state index in [1.54, 1.807) is 17.0 Å². The molecule has 2 amide bonds. The highest BCUT2D eigenvalue weighted by molar-refractivity contribution is 5.96. The van der Waals surface area contributed by atoms with E-state index < -0.39 is 30.1 Å². The molecule has 1 unspecified atom stereocenters. The molecule has 2 saturated heterocycles. The van der Waals surface area contributed by atoms with E-state index in [2.05, 4.69) is 5.32 Å². The van der Waals surface area contributed by atoms with Crippen LogP contribution in [0.4, 0.5) is 0 Å². The molecule has 4 aliphatic rings. The summed E-state index contributed by atoms with van der Waals surface area (Å²) in [7, 11) is 1.45. The molecule has 0 radical (unpaired) electrons. The lowest BCUT2D eigenvalue weighted by Gasteiger charge is -2.42. The Kier molecular flexibility index (Phi) is 7.98. The van der Waals surface area contributed by atoms with Gasteiger partial charge in [-0.25, -0.2) is 0 Å². The van der Waals surface area contributed by atoms with Gasteiger partial charge in [-0.3, -0.25) is 14.4 Å². The van der Waals surface area contributed by atoms with Gasteiger partial charge in [-0.15, -0.1) is 0 Å². The summed E-state index contributed by atoms with van der Waals surface area (Å²) in [6, 6.07) is 2.30. The van der Waals surface area contributed by atoms with Crippen LogP contribution in [0.3, 0.4) is 0 Å². The third-order valence-electron chi connectivity index (χ3n) is 7.76. The lowest BCUT2D eigenvalue weighted by atomic mass is 9.77. The molecule has 1 aromatic carbocycles. The van der Waals surface area contributed by atoms with Crippen molar-refractivity contribution in [1.82, 2.24) is 10.2 Å². The Morgan fingerprint density at radius 3 is 2.76 bits per heavy atom. The number of nitrogens with zero attached hydrogens (tertiary/aromatic N) is 1. The second-order valence-corrected chi connectivity index (χ2v) is 10.1. The number of aldehydes is 1. The molecule has 0 saturated carbocycles. The zero-order chi connectivity index (χ0) is 26.8. The van der Waals surface area contributed by atoms with E-state index in [1.807, 2.05) is 0 Å². The lowest BCUT2D eigenvalue weighted by molar-refractivity contribution is -0.143. The minimum Gasteiger partial charge on any atom is -0.493 e. The van der Waals surface area contributed by atoms with Crippen molar-refractivity contribution in [2.24, 2.45) is 5.92 Å². The van der Waals surface area contributed by atoms with E-state index in [1.165, 1.54) is 13.2 Å². The highest BCUT2D eigenvalue weighted by atomic mass is 16.5. The summed E-state index contributed by atoms with van der Waals surface area (Å²) in [5, 5.41) is 23.7. The third-order valence-corrected chi connectivity index (χ3v) is 7.76. The first kappa shape index (κ1) is 26.6. The molecule has 11 nitrogen and oxygen atoms in total. The fourth-order valence-electron chi connectivity index (χ4n) is 5.89. The summed E-state index contributed by atoms with van der Waals surface area (Å²) in [6.45, 7) is 1.45. The van der Waals surface area contributed by atoms with Gasteiger partial charge in [0.2, 0.25) is 11.8 Å². The van der Waals surface area contributed by atoms with Crippen LogP contribution < -0.4 is 14.8 Å². The van der Waals surface area contributed by atoms with Crippen molar-refractivity contribution in [3.05, 3.63) is 34.9 Å². The predicted molar refractivity (Wildman–Crippen MR) is 133 cm³/mol. The van der Waals surface area contributed by atoms with Crippen LogP contribution in [0.1, 0.15) is 41.1 Å². The Labute approximate surface area is 220 Å². The Morgan fingerprint density at radius 1 is 1.26 bits per heavy atom. The number of nitrogens with one attached hydrogen (secondary N) is 1. The van der Waals surface area contributed by atoms with Crippen molar-refractivity contribution in [3.63, 3.8) is 0 Å². The van der Waals surface area contributed by atoms with E-state index in [0.717, 1.165) is 12.8 Å². The maximum absolute atomic E-state index is 13.7. The molecule has 5 rings (SSSR count). The SMILES string of the molecule is COc1cc(C=O)cc2c1O[C@@H]1[C@@H](O)[C@H](N(C[C@@H]3CCCO3)C(=O)C3CCOC3)C=C(C(=O)NCCO)[C@H]21. The largest absolute Gasteiger partial charge is 0.493 e. The average Bonchev–Trinajstić information content (AvgIpc) is 3.71. The number of aliphatic hydroxyl groups is 2. The highest BCUT2D eigenvalue weighted by Gasteiger charge is 2.52. The molecule has 1 aromatic rings. The van der Waals surface area contributed by atoms with Crippen molar-refractivity contribution in [2.45, 2.75) is 49.5 Å². The molecule has 38 heavy (non-hydrogen) atoms. The number of carbonyl (C=O) groups excluding carboxylic acids is 3. The molecule has 6 atom stereocenters. The molecular weight excluding hydrogens is 496 g/mol. The van der Waals surface area contributed by atoms with Crippen LogP contribution in [0.5, 0.6) is 11.5 Å². The number of amides is 2. The molecular formula is C27H34N2O9. The fourth-order valence-corrected chi connectivity index (χ4v) is 5.89. The number of fused-ring (bicyclic) bond motifs is 3. The molecule has 3 aliphatic heterocycles. The summed E-state index contributed by atoms with van der Waals surface area (Å²) in [6.07, 6.45) is 2.29. The van der Waals surface area contributed by atoms with Gasteiger partial charge >= 0.3 is 0 Å². The zero-order valence-corrected chi connectivity index (χ0v) is 21.3. The Balaban J connectivity index is 1.57. The topological polar surface area (TPSA) is 144 Å². The monoisotopic (exact) mass is 530 g/mol. The van der Waals surface area contributed by atoms with Crippen LogP contribution >= 0.6 is 0 Å². The molecule has 11 heteroatoms. The molecule has 3 N–H and O–H groups in total. The van der Waals surface area contributed by atoms with Gasteiger partial charge in [-0.2, -0.15) is 0 Å². The normalized spacial score (nSPS) is 29.6. The van der Waals surface area contributed by atoms with Crippen LogP contribution in [0.15, 0.2) is 23.8 Å². The molecule has 2 fully saturated rings. The van der Waals surface area contributed by atoms with Crippen molar-refractivity contribution in [2.75, 3.05) is 46.6 Å². The van der Waals surface area contributed by atoms with E-state index >= 15 is 0 Å². The quantitative estimate of drug-likeness (QED) is 0.381. The molecule has 206 valence electrons. The zero-order valence-electron chi connectivity index (χ0n) is 21.3. The smallest absolute Gasteiger partial charge is 0.247 e. The van der Waals surface area contributed by atoms with Gasteiger partial charge in [0.15, 0.2) is 11.5 Å². The number of aliphatic hydroxyl groups excluding tert-OH is 2. The number of ether oxygens (including phenoxy) is 4. The lowest BCUT2D eigenvalue weighted by Crippen LogP contribution is -2.58. The summed E-state index contributed by atoms with van der Waals surface area (Å²) >= 11 is 0. The first-order valence-electron chi connectivity index (χ1n) is 13.1. The number of methoxy groups -OCH3 is 1. The van der Waals surface area contributed by atoms with E-state index in [4.69, 9.17) is 18.9 Å². The summed E-state index contributed by atoms with van der Waals surface area (Å²) in [4.78, 5) is 40.4. The Hall–Kier alpha value is -2.99. The molecule has 0 bridgehead atoms. The van der Waals surface area contributed by atoms with Gasteiger partial charge in [0, 0.05) is 43.0 Å². The van der Waals surface area contributed by atoms with Crippen molar-refractivity contribution < 1.29 is 43.5 Å². The van der Waals surface area contributed by atoms with Crippen LogP contribution in [0, 0.1) is 5.92 Å². The van der Waals surface area contributed by atoms with E-state index in [9.17, 15) is 24.6 Å². The van der Waals surface area contributed by atoms with Crippen molar-refractivity contribution >= 4 is 18.1 Å². The molecule has 3 heterocycles. The second kappa shape index (κ2) is 11.4. The maximum Gasteiger partial charge on any atom is 0.247 e. The number of carbonyl (C=O) groups is 3. The Morgan fingerprint density at radius 2 is 2.11 bits per heavy atom. The number of hydrogen-bond donors (Lipinski definition) is 3. The van der Waals surface area contributed by atoms with Gasteiger partial charge in [0.05, 0.1) is 44.3 Å². The van der Waals surface area contributed by atoms with Crippen LogP contribution in [0.2, 0.25) is 0 Å². The molecule has 0 aromatic heterocycles. The first-order chi connectivity index (χ1) is 18.5. The standard InChI is InChI=1S/C27H34N2O9/c1-35-21-10-15(13-31)9-18-22-19(26(33)28-5-6-30)11-20(23(32)25(22)38-24(18)21)29(12-17-3-2-7-37-17)27(34)16-4-8-36-14-16/h9-11,13,16-17,20,22-23,25,30,32H,2-8,12,14H2,1H3,(H,28,33)/t16?,17-,20+,22-,23-,25-/m0/s1. The van der Waals surface area contributed by atoms with Crippen LogP contribution in [0.25, 0.3) is 0 Å². The molecule has 0 spiro atoms. The summed E-state index contributed by atoms with van der Waals surface area (Å²) in [5.74, 6) is -1.02. The van der Waals surface area contributed by atoms with Crippen LogP contribution in [-0.4, -0.2) is 104 Å². The average molecular weight is 531 g/mol. The van der Waals surface area contributed by atoms with E-state index in [-0.39, 0.29) is 43.2 Å². The van der Waals surface area contributed by atoms with Gasteiger partial charge in [0.25, 0.3) is 0 Å². The number of rotatable bonds is 9. The number of benzene rings is 1. The summed E-state index contributed by atoms with van der Waals surface area (Å²) in [5.41, 5.74) is 1.17. The first-order valence-corrected chi connectivity index (χ1v) is 13.1. The predicted octanol–water partition coefficient (Wildman–Crippen LogP) is 0.174. The minimum atomic E-state index is -1.18. The van der Waals surface area contributed by atoms with Crippen molar-refractivity contribution in [1.29, 1.82) is 0 Å². The van der Waals surface area contributed by atoms with Gasteiger partial charge in [0.1, 0.15) is 18.5 Å². The van der Waals surface area contributed by atoms with Crippen molar-refractivity contribution in [3.8, 4) is 11.5 Å². The third kappa shape index (κ3) is 4.91. The Bertz CT molecular complexity index is 1090. The number of hydrogen-bond acceptors (Lipinski definition) is 9. The maximum atomic E-state index is 13.7. The fraction of sp³-hybridized carbons (Fsp3) is 0.593. The van der Waals surface area contributed by atoms with Crippen LogP contribution in [-0.2, 0) is 19.1 Å². The molecule has 1 aliphatic carbocycles. The summed E-state index contributed by atoms with van der Waals surface area (Å²) < 4.78 is 23.0. The minimum absolute atomic E-state index is 0.0319. The van der Waals surface area contributed by atoms with Gasteiger partial charge in [-0.1, -0.05) is 0 Å². The second-order valence-electron chi connectivity index (χ2n) is 10.1. The van der Waals surface area contributed by atoms with Gasteiger partial charge in [-0.05, 0) is 37.5 Å². The highest BCUT2D eigenvalue weighted by Crippen LogP contribution is 2.51.